The molecular weight excluding hydrogens is 270 g/mol. The average Bonchev–Trinajstić information content (AvgIpc) is 3.03. The normalized spacial score (nSPS) is 18.9. The minimum absolute atomic E-state index is 0.386. The van der Waals surface area contributed by atoms with Gasteiger partial charge in [-0.2, -0.15) is 0 Å². The lowest BCUT2D eigenvalue weighted by atomic mass is 10.2. The van der Waals surface area contributed by atoms with Crippen molar-refractivity contribution in [1.82, 2.24) is 10.3 Å². The molecule has 0 radical (unpaired) electrons. The molecule has 4 nitrogen and oxygen atoms in total. The summed E-state index contributed by atoms with van der Waals surface area (Å²) < 4.78 is 5.75. The molecule has 0 aliphatic carbocycles. The van der Waals surface area contributed by atoms with Crippen molar-refractivity contribution in [1.29, 1.82) is 0 Å². The van der Waals surface area contributed by atoms with Crippen molar-refractivity contribution in [3.8, 4) is 0 Å². The number of anilines is 1. The van der Waals surface area contributed by atoms with Crippen molar-refractivity contribution in [2.75, 3.05) is 24.6 Å². The molecule has 1 N–H and O–H groups in total. The number of nitrogens with one attached hydrogen (secondary N) is 1. The predicted octanol–water partition coefficient (Wildman–Crippen LogP) is 2.95. The first kappa shape index (κ1) is 15.7. The Labute approximate surface area is 126 Å². The Morgan fingerprint density at radius 3 is 2.90 bits per heavy atom. The van der Waals surface area contributed by atoms with Crippen molar-refractivity contribution < 1.29 is 4.74 Å². The number of nitrogens with zero attached hydrogens (tertiary/aromatic N) is 2. The number of rotatable bonds is 7. The van der Waals surface area contributed by atoms with Gasteiger partial charge in [0.15, 0.2) is 5.13 Å². The molecule has 114 valence electrons. The van der Waals surface area contributed by atoms with Crippen LogP contribution >= 0.6 is 11.3 Å². The molecule has 20 heavy (non-hydrogen) atoms. The lowest BCUT2D eigenvalue weighted by Gasteiger charge is -2.23. The minimum Gasteiger partial charge on any atom is -0.376 e. The Kier molecular flexibility index (Phi) is 5.81. The summed E-state index contributed by atoms with van der Waals surface area (Å²) >= 11 is 1.81. The van der Waals surface area contributed by atoms with E-state index in [0.717, 1.165) is 37.1 Å². The molecule has 0 spiro atoms. The van der Waals surface area contributed by atoms with E-state index in [0.29, 0.717) is 12.1 Å². The van der Waals surface area contributed by atoms with Crippen LogP contribution < -0.4 is 10.2 Å². The highest BCUT2D eigenvalue weighted by molar-refractivity contribution is 7.15. The lowest BCUT2D eigenvalue weighted by molar-refractivity contribution is 0.115. The third-order valence-corrected chi connectivity index (χ3v) is 4.87. The summed E-state index contributed by atoms with van der Waals surface area (Å²) in [4.78, 5) is 8.45. The summed E-state index contributed by atoms with van der Waals surface area (Å²) in [6.45, 7) is 12.4. The number of aryl methyl sites for hydroxylation is 1. The van der Waals surface area contributed by atoms with Gasteiger partial charge in [-0.25, -0.2) is 4.98 Å². The fourth-order valence-electron chi connectivity index (χ4n) is 2.39. The molecule has 5 heteroatoms. The smallest absolute Gasteiger partial charge is 0.185 e. The molecule has 1 fully saturated rings. The third-order valence-electron chi connectivity index (χ3n) is 3.65. The number of thiazole rings is 1. The van der Waals surface area contributed by atoms with Crippen LogP contribution in [0, 0.1) is 6.92 Å². The van der Waals surface area contributed by atoms with Crippen LogP contribution in [0.5, 0.6) is 0 Å². The molecule has 1 atom stereocenters. The van der Waals surface area contributed by atoms with E-state index in [2.05, 4.69) is 37.9 Å². The maximum Gasteiger partial charge on any atom is 0.185 e. The zero-order chi connectivity index (χ0) is 14.5. The molecule has 0 bridgehead atoms. The van der Waals surface area contributed by atoms with Crippen LogP contribution in [0.3, 0.4) is 0 Å². The summed E-state index contributed by atoms with van der Waals surface area (Å²) in [5, 5.41) is 4.61. The molecule has 1 aromatic heterocycles. The van der Waals surface area contributed by atoms with Gasteiger partial charge in [0.1, 0.15) is 0 Å². The van der Waals surface area contributed by atoms with Crippen molar-refractivity contribution >= 4 is 16.5 Å². The molecule has 0 aromatic carbocycles. The first-order valence-electron chi connectivity index (χ1n) is 7.66. The van der Waals surface area contributed by atoms with E-state index >= 15 is 0 Å². The topological polar surface area (TPSA) is 37.4 Å². The van der Waals surface area contributed by atoms with Gasteiger partial charge in [-0.3, -0.25) is 0 Å². The van der Waals surface area contributed by atoms with Gasteiger partial charge in [0.2, 0.25) is 0 Å². The number of likely N-dealkylation sites (N-methyl/N-ethyl adjacent to an activating group) is 1. The summed E-state index contributed by atoms with van der Waals surface area (Å²) in [5.41, 5.74) is 1.16. The van der Waals surface area contributed by atoms with Crippen molar-refractivity contribution in [3.63, 3.8) is 0 Å². The number of hydrogen-bond acceptors (Lipinski definition) is 5. The predicted molar refractivity (Wildman–Crippen MR) is 85.7 cm³/mol. The Morgan fingerprint density at radius 2 is 2.30 bits per heavy atom. The van der Waals surface area contributed by atoms with Crippen LogP contribution in [-0.4, -0.2) is 36.8 Å². The van der Waals surface area contributed by atoms with E-state index in [1.54, 1.807) is 0 Å². The maximum atomic E-state index is 5.75. The molecule has 1 aromatic rings. The monoisotopic (exact) mass is 297 g/mol. The highest BCUT2D eigenvalue weighted by Crippen LogP contribution is 2.27. The van der Waals surface area contributed by atoms with Crippen LogP contribution in [0.4, 0.5) is 5.13 Å². The van der Waals surface area contributed by atoms with Gasteiger partial charge in [-0.15, -0.1) is 11.3 Å². The molecule has 1 aliphatic heterocycles. The van der Waals surface area contributed by atoms with Gasteiger partial charge in [0, 0.05) is 37.2 Å². The van der Waals surface area contributed by atoms with Crippen LogP contribution in [-0.2, 0) is 11.3 Å². The van der Waals surface area contributed by atoms with E-state index in [4.69, 9.17) is 9.72 Å². The fraction of sp³-hybridized carbons (Fsp3) is 0.800. The molecular formula is C15H27N3OS. The third kappa shape index (κ3) is 4.17. The Hall–Kier alpha value is -0.650. The first-order valence-corrected chi connectivity index (χ1v) is 8.48. The average molecular weight is 297 g/mol. The van der Waals surface area contributed by atoms with E-state index in [9.17, 15) is 0 Å². The maximum absolute atomic E-state index is 5.75. The van der Waals surface area contributed by atoms with E-state index < -0.39 is 0 Å². The van der Waals surface area contributed by atoms with Gasteiger partial charge in [0.25, 0.3) is 0 Å². The number of ether oxygens (including phenoxy) is 1. The largest absolute Gasteiger partial charge is 0.376 e. The quantitative estimate of drug-likeness (QED) is 0.839. The molecule has 2 heterocycles. The van der Waals surface area contributed by atoms with Gasteiger partial charge in [0.05, 0.1) is 11.8 Å². The molecule has 0 saturated carbocycles. The standard InChI is InChI=1S/C15H27N3OS/c1-5-18(10-13-7-6-8-19-13)15-17-12(4)14(20-15)9-16-11(2)3/h11,13,16H,5-10H2,1-4H3. The van der Waals surface area contributed by atoms with Gasteiger partial charge in [-0.05, 0) is 26.7 Å². The zero-order valence-electron chi connectivity index (χ0n) is 13.1. The summed E-state index contributed by atoms with van der Waals surface area (Å²) in [6.07, 6.45) is 2.77. The van der Waals surface area contributed by atoms with Crippen molar-refractivity contribution in [2.24, 2.45) is 0 Å². The van der Waals surface area contributed by atoms with Gasteiger partial charge < -0.3 is 15.0 Å². The molecule has 1 aliphatic rings. The number of aromatic nitrogens is 1. The summed E-state index contributed by atoms with van der Waals surface area (Å²) in [7, 11) is 0. The Morgan fingerprint density at radius 1 is 1.50 bits per heavy atom. The minimum atomic E-state index is 0.386. The van der Waals surface area contributed by atoms with Crippen LogP contribution in [0.1, 0.15) is 44.2 Å². The van der Waals surface area contributed by atoms with Crippen molar-refractivity contribution in [3.05, 3.63) is 10.6 Å². The molecule has 0 amide bonds. The Balaban J connectivity index is 1.99. The van der Waals surface area contributed by atoms with Crippen LogP contribution in [0.15, 0.2) is 0 Å². The second-order valence-electron chi connectivity index (χ2n) is 5.71. The molecule has 1 saturated heterocycles. The summed E-state index contributed by atoms with van der Waals surface area (Å²) in [6, 6.07) is 0.508. The SMILES string of the molecule is CCN(CC1CCCO1)c1nc(C)c(CNC(C)C)s1. The van der Waals surface area contributed by atoms with Crippen LogP contribution in [0.2, 0.25) is 0 Å². The molecule has 1 unspecified atom stereocenters. The van der Waals surface area contributed by atoms with E-state index in [1.807, 2.05) is 11.3 Å². The van der Waals surface area contributed by atoms with E-state index in [-0.39, 0.29) is 0 Å². The highest BCUT2D eigenvalue weighted by atomic mass is 32.1. The number of hydrogen-bond donors (Lipinski definition) is 1. The van der Waals surface area contributed by atoms with Gasteiger partial charge in [-0.1, -0.05) is 13.8 Å². The van der Waals surface area contributed by atoms with Crippen LogP contribution in [0.25, 0.3) is 0 Å². The second kappa shape index (κ2) is 7.38. The highest BCUT2D eigenvalue weighted by Gasteiger charge is 2.21. The van der Waals surface area contributed by atoms with Crippen molar-refractivity contribution in [2.45, 2.75) is 59.2 Å². The lowest BCUT2D eigenvalue weighted by Crippen LogP contribution is -2.31. The van der Waals surface area contributed by atoms with Gasteiger partial charge >= 0.3 is 0 Å². The second-order valence-corrected chi connectivity index (χ2v) is 6.78. The first-order chi connectivity index (χ1) is 9.60. The fourth-order valence-corrected chi connectivity index (χ4v) is 3.47. The Bertz CT molecular complexity index is 413. The van der Waals surface area contributed by atoms with E-state index in [1.165, 1.54) is 17.7 Å². The zero-order valence-corrected chi connectivity index (χ0v) is 13.9. The summed E-state index contributed by atoms with van der Waals surface area (Å²) in [5.74, 6) is 0. The molecule has 2 rings (SSSR count).